The van der Waals surface area contributed by atoms with Crippen molar-refractivity contribution in [3.63, 3.8) is 0 Å². The molecule has 2 aromatic rings. The molecule has 0 unspecified atom stereocenters. The minimum absolute atomic E-state index is 0.0832. The number of aryl methyl sites for hydroxylation is 1. The van der Waals surface area contributed by atoms with E-state index in [2.05, 4.69) is 4.84 Å². The van der Waals surface area contributed by atoms with Crippen LogP contribution in [-0.2, 0) is 24.2 Å². The van der Waals surface area contributed by atoms with Crippen LogP contribution in [0.4, 0.5) is 13.2 Å². The lowest BCUT2D eigenvalue weighted by atomic mass is 10.1. The highest BCUT2D eigenvalue weighted by Gasteiger charge is 2.34. The van der Waals surface area contributed by atoms with Gasteiger partial charge in [0.1, 0.15) is 6.61 Å². The Morgan fingerprint density at radius 2 is 2.06 bits per heavy atom. The van der Waals surface area contributed by atoms with Crippen LogP contribution in [0.25, 0.3) is 10.9 Å². The molecule has 0 saturated heterocycles. The Morgan fingerprint density at radius 1 is 1.33 bits per heavy atom. The fourth-order valence-electron chi connectivity index (χ4n) is 2.18. The van der Waals surface area contributed by atoms with Crippen molar-refractivity contribution in [2.24, 2.45) is 5.90 Å². The molecule has 0 fully saturated rings. The van der Waals surface area contributed by atoms with Gasteiger partial charge in [0, 0.05) is 17.6 Å². The third kappa shape index (κ3) is 2.09. The van der Waals surface area contributed by atoms with Gasteiger partial charge in [-0.2, -0.15) is 13.2 Å². The molecule has 0 aliphatic carbocycles. The van der Waals surface area contributed by atoms with E-state index < -0.39 is 11.7 Å². The van der Waals surface area contributed by atoms with E-state index in [0.29, 0.717) is 17.6 Å². The van der Waals surface area contributed by atoms with Gasteiger partial charge >= 0.3 is 6.18 Å². The van der Waals surface area contributed by atoms with Gasteiger partial charge in [0.05, 0.1) is 11.1 Å². The lowest BCUT2D eigenvalue weighted by molar-refractivity contribution is -0.136. The summed E-state index contributed by atoms with van der Waals surface area (Å²) < 4.78 is 40.5. The Balaban J connectivity index is 2.74. The molecule has 0 saturated carbocycles. The molecule has 1 heterocycles. The zero-order valence-electron chi connectivity index (χ0n) is 9.79. The summed E-state index contributed by atoms with van der Waals surface area (Å²) in [5, 5.41) is 0.540. The van der Waals surface area contributed by atoms with E-state index in [1.807, 2.05) is 0 Å². The van der Waals surface area contributed by atoms with Crippen LogP contribution in [0.2, 0.25) is 0 Å². The highest BCUT2D eigenvalue weighted by atomic mass is 19.4. The lowest BCUT2D eigenvalue weighted by Crippen LogP contribution is -2.10. The highest BCUT2D eigenvalue weighted by molar-refractivity contribution is 5.85. The number of hydrogen-bond acceptors (Lipinski definition) is 2. The fourth-order valence-corrected chi connectivity index (χ4v) is 2.18. The maximum Gasteiger partial charge on any atom is 0.418 e. The number of para-hydroxylation sites is 1. The van der Waals surface area contributed by atoms with Crippen LogP contribution >= 0.6 is 0 Å². The monoisotopic (exact) mass is 258 g/mol. The molecule has 2 rings (SSSR count). The maximum atomic E-state index is 13.0. The second-order valence-electron chi connectivity index (χ2n) is 3.93. The molecule has 0 bridgehead atoms. The van der Waals surface area contributed by atoms with Gasteiger partial charge in [-0.1, -0.05) is 12.1 Å². The first kappa shape index (κ1) is 12.9. The normalized spacial score (nSPS) is 12.3. The van der Waals surface area contributed by atoms with E-state index in [1.54, 1.807) is 23.6 Å². The van der Waals surface area contributed by atoms with E-state index in [4.69, 9.17) is 5.90 Å². The van der Waals surface area contributed by atoms with E-state index >= 15 is 0 Å². The Kier molecular flexibility index (Phi) is 3.32. The molecule has 0 amide bonds. The Hall–Kier alpha value is -1.53. The van der Waals surface area contributed by atoms with Gasteiger partial charge in [0.15, 0.2) is 0 Å². The first-order valence-corrected chi connectivity index (χ1v) is 5.49. The number of hydrogen-bond donors (Lipinski definition) is 1. The van der Waals surface area contributed by atoms with Gasteiger partial charge in [0.2, 0.25) is 0 Å². The zero-order chi connectivity index (χ0) is 13.3. The maximum absolute atomic E-state index is 13.0. The van der Waals surface area contributed by atoms with Gasteiger partial charge in [-0.15, -0.1) is 0 Å². The third-order valence-electron chi connectivity index (χ3n) is 2.86. The van der Waals surface area contributed by atoms with Crippen molar-refractivity contribution in [2.75, 3.05) is 0 Å². The summed E-state index contributed by atoms with van der Waals surface area (Å²) >= 11 is 0. The second-order valence-corrected chi connectivity index (χ2v) is 3.93. The zero-order valence-corrected chi connectivity index (χ0v) is 9.79. The topological polar surface area (TPSA) is 40.2 Å². The molecule has 98 valence electrons. The van der Waals surface area contributed by atoms with Crippen LogP contribution in [0.3, 0.4) is 0 Å². The molecule has 1 aromatic heterocycles. The average molecular weight is 258 g/mol. The van der Waals surface area contributed by atoms with Crippen LogP contribution < -0.4 is 5.90 Å². The molecule has 0 aliphatic heterocycles. The molecule has 6 heteroatoms. The number of benzene rings is 1. The first-order chi connectivity index (χ1) is 8.49. The summed E-state index contributed by atoms with van der Waals surface area (Å²) in [6.45, 7) is 2.29. The van der Waals surface area contributed by atoms with E-state index in [0.717, 1.165) is 6.07 Å². The largest absolute Gasteiger partial charge is 0.418 e. The Bertz CT molecular complexity index is 560. The highest BCUT2D eigenvalue weighted by Crippen LogP contribution is 2.36. The standard InChI is InChI=1S/C12H13F3N2O/c1-2-17-9(7-18-16)6-8-4-3-5-10(11(8)17)12(13,14)15/h3-6H,2,7,16H2,1H3. The van der Waals surface area contributed by atoms with Gasteiger partial charge in [-0.05, 0) is 19.1 Å². The van der Waals surface area contributed by atoms with Gasteiger partial charge in [0.25, 0.3) is 0 Å². The van der Waals surface area contributed by atoms with Crippen molar-refractivity contribution in [1.82, 2.24) is 4.57 Å². The second kappa shape index (κ2) is 4.62. The van der Waals surface area contributed by atoms with Gasteiger partial charge in [-0.3, -0.25) is 4.84 Å². The van der Waals surface area contributed by atoms with E-state index in [-0.39, 0.29) is 12.1 Å². The smallest absolute Gasteiger partial charge is 0.342 e. The predicted octanol–water partition coefficient (Wildman–Crippen LogP) is 3.07. The van der Waals surface area contributed by atoms with Gasteiger partial charge in [-0.25, -0.2) is 5.90 Å². The van der Waals surface area contributed by atoms with Crippen molar-refractivity contribution in [1.29, 1.82) is 0 Å². The fraction of sp³-hybridized carbons (Fsp3) is 0.333. The summed E-state index contributed by atoms with van der Waals surface area (Å²) in [4.78, 5) is 4.52. The molecule has 0 radical (unpaired) electrons. The van der Waals surface area contributed by atoms with Crippen LogP contribution in [0.15, 0.2) is 24.3 Å². The molecule has 0 aliphatic rings. The first-order valence-electron chi connectivity index (χ1n) is 5.49. The quantitative estimate of drug-likeness (QED) is 0.859. The van der Waals surface area contributed by atoms with Crippen molar-refractivity contribution < 1.29 is 18.0 Å². The number of rotatable bonds is 3. The van der Waals surface area contributed by atoms with E-state index in [1.165, 1.54) is 6.07 Å². The summed E-state index contributed by atoms with van der Waals surface area (Å²) in [6.07, 6.45) is -4.37. The minimum Gasteiger partial charge on any atom is -0.342 e. The molecule has 0 spiro atoms. The predicted molar refractivity (Wildman–Crippen MR) is 61.6 cm³/mol. The number of alkyl halides is 3. The molecule has 2 N–H and O–H groups in total. The molecular weight excluding hydrogens is 245 g/mol. The summed E-state index contributed by atoms with van der Waals surface area (Å²) in [5.74, 6) is 4.99. The molecule has 0 atom stereocenters. The van der Waals surface area contributed by atoms with Crippen LogP contribution in [0.5, 0.6) is 0 Å². The molecular formula is C12H13F3N2O. The Labute approximate surface area is 102 Å². The lowest BCUT2D eigenvalue weighted by Gasteiger charge is -2.12. The van der Waals surface area contributed by atoms with Gasteiger partial charge < -0.3 is 4.57 Å². The number of nitrogens with two attached hydrogens (primary N) is 1. The summed E-state index contributed by atoms with van der Waals surface area (Å²) in [7, 11) is 0. The average Bonchev–Trinajstić information content (AvgIpc) is 2.65. The van der Waals surface area contributed by atoms with Crippen LogP contribution in [-0.4, -0.2) is 4.57 Å². The molecule has 18 heavy (non-hydrogen) atoms. The van der Waals surface area contributed by atoms with Crippen molar-refractivity contribution in [3.8, 4) is 0 Å². The van der Waals surface area contributed by atoms with Crippen LogP contribution in [0.1, 0.15) is 18.2 Å². The van der Waals surface area contributed by atoms with Crippen molar-refractivity contribution >= 4 is 10.9 Å². The number of halogens is 3. The van der Waals surface area contributed by atoms with E-state index in [9.17, 15) is 13.2 Å². The summed E-state index contributed by atoms with van der Waals surface area (Å²) in [5.41, 5.74) is 0.177. The molecule has 3 nitrogen and oxygen atoms in total. The third-order valence-corrected chi connectivity index (χ3v) is 2.86. The molecule has 1 aromatic carbocycles. The number of aromatic nitrogens is 1. The SMILES string of the molecule is CCn1c(CON)cc2cccc(C(F)(F)F)c21. The van der Waals surface area contributed by atoms with Crippen LogP contribution in [0, 0.1) is 0 Å². The van der Waals surface area contributed by atoms with Crippen molar-refractivity contribution in [2.45, 2.75) is 26.3 Å². The number of nitrogens with zero attached hydrogens (tertiary/aromatic N) is 1. The summed E-state index contributed by atoms with van der Waals surface area (Å²) in [6, 6.07) is 5.80. The minimum atomic E-state index is -4.37. The number of fused-ring (bicyclic) bond motifs is 1. The van der Waals surface area contributed by atoms with Crippen molar-refractivity contribution in [3.05, 3.63) is 35.5 Å². The Morgan fingerprint density at radius 3 is 2.61 bits per heavy atom.